The molecular weight excluding hydrogens is 265 g/mol. The van der Waals surface area contributed by atoms with Gasteiger partial charge in [0.25, 0.3) is 0 Å². The van der Waals surface area contributed by atoms with Crippen LogP contribution in [-0.2, 0) is 17.9 Å². The van der Waals surface area contributed by atoms with Gasteiger partial charge in [0.2, 0.25) is 0 Å². The minimum atomic E-state index is -0.226. The van der Waals surface area contributed by atoms with Gasteiger partial charge < -0.3 is 10.1 Å². The average Bonchev–Trinajstić information content (AvgIpc) is 2.41. The molecule has 0 aromatic heterocycles. The molecule has 19 heavy (non-hydrogen) atoms. The van der Waals surface area contributed by atoms with Crippen molar-refractivity contribution in [2.45, 2.75) is 13.2 Å². The summed E-state index contributed by atoms with van der Waals surface area (Å²) >= 11 is 6.14. The van der Waals surface area contributed by atoms with Crippen molar-refractivity contribution in [3.8, 4) is 0 Å². The van der Waals surface area contributed by atoms with Gasteiger partial charge in [0.1, 0.15) is 5.82 Å². The Hall–Kier alpha value is -1.58. The zero-order valence-corrected chi connectivity index (χ0v) is 11.4. The number of rotatable bonds is 5. The van der Waals surface area contributed by atoms with Gasteiger partial charge in [-0.3, -0.25) is 0 Å². The predicted molar refractivity (Wildman–Crippen MR) is 75.9 cm³/mol. The van der Waals surface area contributed by atoms with Crippen LogP contribution in [0.25, 0.3) is 0 Å². The first-order valence-electron chi connectivity index (χ1n) is 5.94. The lowest BCUT2D eigenvalue weighted by atomic mass is 10.2. The van der Waals surface area contributed by atoms with Crippen LogP contribution in [0.2, 0.25) is 5.02 Å². The Bertz CT molecular complexity index is 542. The Morgan fingerprint density at radius 2 is 1.89 bits per heavy atom. The second kappa shape index (κ2) is 6.55. The van der Waals surface area contributed by atoms with Crippen LogP contribution in [0.5, 0.6) is 0 Å². The number of hydrogen-bond donors (Lipinski definition) is 1. The minimum Gasteiger partial charge on any atom is -0.381 e. The molecule has 0 spiro atoms. The number of hydrogen-bond acceptors (Lipinski definition) is 2. The normalized spacial score (nSPS) is 10.5. The first-order valence-corrected chi connectivity index (χ1v) is 6.32. The van der Waals surface area contributed by atoms with Crippen LogP contribution < -0.4 is 5.32 Å². The van der Waals surface area contributed by atoms with E-state index in [1.807, 2.05) is 18.2 Å². The van der Waals surface area contributed by atoms with E-state index in [1.54, 1.807) is 19.2 Å². The molecule has 0 unspecified atom stereocenters. The third-order valence-electron chi connectivity index (χ3n) is 2.76. The van der Waals surface area contributed by atoms with Crippen molar-refractivity contribution in [1.82, 2.24) is 0 Å². The summed E-state index contributed by atoms with van der Waals surface area (Å²) in [5.74, 6) is -0.226. The van der Waals surface area contributed by atoms with Gasteiger partial charge in [-0.1, -0.05) is 29.8 Å². The molecule has 2 aromatic rings. The van der Waals surface area contributed by atoms with Gasteiger partial charge in [0.05, 0.1) is 6.61 Å². The van der Waals surface area contributed by atoms with Crippen LogP contribution in [-0.4, -0.2) is 7.11 Å². The van der Waals surface area contributed by atoms with Crippen LogP contribution in [0.15, 0.2) is 42.5 Å². The maximum atomic E-state index is 12.8. The second-order valence-corrected chi connectivity index (χ2v) is 4.63. The molecule has 2 nitrogen and oxygen atoms in total. The van der Waals surface area contributed by atoms with Crippen LogP contribution in [0.4, 0.5) is 10.1 Å². The van der Waals surface area contributed by atoms with E-state index in [9.17, 15) is 4.39 Å². The van der Waals surface area contributed by atoms with Gasteiger partial charge in [0, 0.05) is 24.4 Å². The highest BCUT2D eigenvalue weighted by Gasteiger charge is 2.02. The molecule has 2 aromatic carbocycles. The van der Waals surface area contributed by atoms with Crippen molar-refractivity contribution in [2.75, 3.05) is 12.4 Å². The molecule has 2 rings (SSSR count). The second-order valence-electron chi connectivity index (χ2n) is 4.22. The smallest absolute Gasteiger partial charge is 0.123 e. The van der Waals surface area contributed by atoms with Gasteiger partial charge in [-0.25, -0.2) is 4.39 Å². The van der Waals surface area contributed by atoms with E-state index in [0.29, 0.717) is 18.2 Å². The number of methoxy groups -OCH3 is 1. The third-order valence-corrected chi connectivity index (χ3v) is 3.11. The molecule has 0 aliphatic rings. The molecule has 4 heteroatoms. The molecule has 0 radical (unpaired) electrons. The molecule has 0 aliphatic carbocycles. The lowest BCUT2D eigenvalue weighted by Gasteiger charge is -2.09. The molecule has 0 saturated heterocycles. The van der Waals surface area contributed by atoms with Crippen LogP contribution in [0.1, 0.15) is 11.1 Å². The Morgan fingerprint density at radius 1 is 1.16 bits per heavy atom. The van der Waals surface area contributed by atoms with E-state index in [-0.39, 0.29) is 5.82 Å². The third kappa shape index (κ3) is 3.94. The standard InChI is InChI=1S/C15H15ClFNO/c1-19-10-12-4-7-14(8-15(12)16)18-9-11-2-5-13(17)6-3-11/h2-8,18H,9-10H2,1H3. The van der Waals surface area contributed by atoms with Crippen molar-refractivity contribution >= 4 is 17.3 Å². The molecule has 100 valence electrons. The van der Waals surface area contributed by atoms with E-state index in [1.165, 1.54) is 12.1 Å². The Morgan fingerprint density at radius 3 is 2.53 bits per heavy atom. The lowest BCUT2D eigenvalue weighted by Crippen LogP contribution is -2.00. The molecule has 0 bridgehead atoms. The fourth-order valence-electron chi connectivity index (χ4n) is 1.74. The van der Waals surface area contributed by atoms with Gasteiger partial charge in [-0.05, 0) is 35.4 Å². The molecule has 0 heterocycles. The van der Waals surface area contributed by atoms with Gasteiger partial charge in [0.15, 0.2) is 0 Å². The van der Waals surface area contributed by atoms with Crippen LogP contribution in [0.3, 0.4) is 0 Å². The van der Waals surface area contributed by atoms with Crippen molar-refractivity contribution in [2.24, 2.45) is 0 Å². The molecule has 0 fully saturated rings. The van der Waals surface area contributed by atoms with Crippen molar-refractivity contribution in [3.63, 3.8) is 0 Å². The molecular formula is C15H15ClFNO. The number of anilines is 1. The fourth-order valence-corrected chi connectivity index (χ4v) is 1.97. The summed E-state index contributed by atoms with van der Waals surface area (Å²) in [6.45, 7) is 1.12. The zero-order chi connectivity index (χ0) is 13.7. The van der Waals surface area contributed by atoms with Gasteiger partial charge in [-0.15, -0.1) is 0 Å². The summed E-state index contributed by atoms with van der Waals surface area (Å²) in [7, 11) is 1.64. The first-order chi connectivity index (χ1) is 9.19. The minimum absolute atomic E-state index is 0.226. The maximum Gasteiger partial charge on any atom is 0.123 e. The number of benzene rings is 2. The summed E-state index contributed by atoms with van der Waals surface area (Å²) in [5.41, 5.74) is 2.89. The van der Waals surface area contributed by atoms with Gasteiger partial charge >= 0.3 is 0 Å². The van der Waals surface area contributed by atoms with E-state index in [2.05, 4.69) is 5.32 Å². The van der Waals surface area contributed by atoms with E-state index >= 15 is 0 Å². The van der Waals surface area contributed by atoms with Crippen molar-refractivity contribution < 1.29 is 9.13 Å². The van der Waals surface area contributed by atoms with Crippen molar-refractivity contribution in [3.05, 3.63) is 64.4 Å². The Balaban J connectivity index is 1.99. The highest BCUT2D eigenvalue weighted by Crippen LogP contribution is 2.22. The van der Waals surface area contributed by atoms with Gasteiger partial charge in [-0.2, -0.15) is 0 Å². The summed E-state index contributed by atoms with van der Waals surface area (Å²) in [6, 6.07) is 12.1. The molecule has 0 aliphatic heterocycles. The van der Waals surface area contributed by atoms with E-state index in [0.717, 1.165) is 16.8 Å². The maximum absolute atomic E-state index is 12.8. The molecule has 1 N–H and O–H groups in total. The lowest BCUT2D eigenvalue weighted by molar-refractivity contribution is 0.185. The largest absolute Gasteiger partial charge is 0.381 e. The Kier molecular flexibility index (Phi) is 4.77. The van der Waals surface area contributed by atoms with Crippen LogP contribution >= 0.6 is 11.6 Å². The summed E-state index contributed by atoms with van der Waals surface area (Å²) in [5, 5.41) is 3.92. The van der Waals surface area contributed by atoms with Crippen molar-refractivity contribution in [1.29, 1.82) is 0 Å². The summed E-state index contributed by atoms with van der Waals surface area (Å²) in [6.07, 6.45) is 0. The monoisotopic (exact) mass is 279 g/mol. The first kappa shape index (κ1) is 13.8. The Labute approximate surface area is 117 Å². The predicted octanol–water partition coefficient (Wildman–Crippen LogP) is 4.24. The van der Waals surface area contributed by atoms with E-state index in [4.69, 9.17) is 16.3 Å². The van der Waals surface area contributed by atoms with Crippen LogP contribution in [0, 0.1) is 5.82 Å². The molecule has 0 amide bonds. The SMILES string of the molecule is COCc1ccc(NCc2ccc(F)cc2)cc1Cl. The fraction of sp³-hybridized carbons (Fsp3) is 0.200. The highest BCUT2D eigenvalue weighted by atomic mass is 35.5. The topological polar surface area (TPSA) is 21.3 Å². The quantitative estimate of drug-likeness (QED) is 0.884. The zero-order valence-electron chi connectivity index (χ0n) is 10.6. The highest BCUT2D eigenvalue weighted by molar-refractivity contribution is 6.31. The number of halogens is 2. The average molecular weight is 280 g/mol. The summed E-state index contributed by atoms with van der Waals surface area (Å²) < 4.78 is 17.8. The number of nitrogens with one attached hydrogen (secondary N) is 1. The van der Waals surface area contributed by atoms with E-state index < -0.39 is 0 Å². The number of ether oxygens (including phenoxy) is 1. The molecule has 0 saturated carbocycles. The summed E-state index contributed by atoms with van der Waals surface area (Å²) in [4.78, 5) is 0. The molecule has 0 atom stereocenters.